The third kappa shape index (κ3) is 3.97. The van der Waals surface area contributed by atoms with Gasteiger partial charge in [0.25, 0.3) is 0 Å². The number of nitro groups is 1. The van der Waals surface area contributed by atoms with Gasteiger partial charge in [-0.05, 0) is 38.0 Å². The molecule has 2 aromatic rings. The maximum atomic E-state index is 12.2. The first-order valence-corrected chi connectivity index (χ1v) is 8.71. The molecule has 1 N–H and O–H groups in total. The average Bonchev–Trinajstić information content (AvgIpc) is 3.16. The lowest BCUT2D eigenvalue weighted by atomic mass is 10.2. The molecule has 1 aliphatic rings. The van der Waals surface area contributed by atoms with E-state index in [1.54, 1.807) is 18.7 Å². The van der Waals surface area contributed by atoms with Crippen molar-refractivity contribution in [1.82, 2.24) is 15.1 Å². The van der Waals surface area contributed by atoms with Gasteiger partial charge < -0.3 is 10.2 Å². The highest BCUT2D eigenvalue weighted by atomic mass is 16.6. The zero-order valence-electron chi connectivity index (χ0n) is 15.3. The number of carbonyl (C=O) groups is 2. The van der Waals surface area contributed by atoms with Crippen molar-refractivity contribution in [1.29, 1.82) is 0 Å². The summed E-state index contributed by atoms with van der Waals surface area (Å²) in [5.74, 6) is -0.149. The fourth-order valence-corrected chi connectivity index (χ4v) is 3.21. The van der Waals surface area contributed by atoms with Crippen LogP contribution in [-0.4, -0.2) is 33.1 Å². The lowest BCUT2D eigenvalue weighted by Gasteiger charge is -2.16. The summed E-state index contributed by atoms with van der Waals surface area (Å²) in [5, 5.41) is 17.9. The fraction of sp³-hybridized carbons (Fsp3) is 0.389. The van der Waals surface area contributed by atoms with E-state index < -0.39 is 4.92 Å². The topological polar surface area (TPSA) is 110 Å². The van der Waals surface area contributed by atoms with Crippen molar-refractivity contribution in [3.8, 4) is 0 Å². The van der Waals surface area contributed by atoms with Crippen molar-refractivity contribution >= 4 is 23.2 Å². The molecular weight excluding hydrogens is 350 g/mol. The minimum absolute atomic E-state index is 0.0603. The molecule has 0 radical (unpaired) electrons. The van der Waals surface area contributed by atoms with Crippen LogP contribution in [-0.2, 0) is 22.7 Å². The minimum atomic E-state index is -0.487. The van der Waals surface area contributed by atoms with Crippen molar-refractivity contribution in [3.63, 3.8) is 0 Å². The van der Waals surface area contributed by atoms with Crippen LogP contribution in [0.3, 0.4) is 0 Å². The average molecular weight is 371 g/mol. The highest BCUT2D eigenvalue weighted by Crippen LogP contribution is 2.22. The third-order valence-electron chi connectivity index (χ3n) is 4.63. The van der Waals surface area contributed by atoms with Gasteiger partial charge in [-0.15, -0.1) is 0 Å². The first-order valence-electron chi connectivity index (χ1n) is 8.71. The van der Waals surface area contributed by atoms with Crippen LogP contribution in [0.25, 0.3) is 0 Å². The second-order valence-corrected chi connectivity index (χ2v) is 6.53. The molecule has 9 nitrogen and oxygen atoms in total. The van der Waals surface area contributed by atoms with Crippen molar-refractivity contribution < 1.29 is 14.5 Å². The van der Waals surface area contributed by atoms with Crippen molar-refractivity contribution in [2.75, 3.05) is 11.4 Å². The molecule has 2 amide bonds. The SMILES string of the molecule is Cc1nn(CC(=O)NCc2ccc(N3CCCC3=O)cc2)c(C)c1[N+](=O)[O-]. The zero-order chi connectivity index (χ0) is 19.6. The number of anilines is 1. The van der Waals surface area contributed by atoms with Gasteiger partial charge in [0.2, 0.25) is 11.8 Å². The van der Waals surface area contributed by atoms with Crippen LogP contribution in [0.4, 0.5) is 11.4 Å². The van der Waals surface area contributed by atoms with Gasteiger partial charge in [0.05, 0.1) is 4.92 Å². The Hall–Kier alpha value is -3.23. The van der Waals surface area contributed by atoms with Crippen molar-refractivity contribution in [3.05, 3.63) is 51.3 Å². The molecule has 9 heteroatoms. The van der Waals surface area contributed by atoms with E-state index in [1.165, 1.54) is 4.68 Å². The monoisotopic (exact) mass is 371 g/mol. The van der Waals surface area contributed by atoms with Crippen molar-refractivity contribution in [2.24, 2.45) is 0 Å². The first kappa shape index (κ1) is 18.6. The summed E-state index contributed by atoms with van der Waals surface area (Å²) in [6.45, 7) is 4.11. The van der Waals surface area contributed by atoms with Gasteiger partial charge >= 0.3 is 5.69 Å². The van der Waals surface area contributed by atoms with Gasteiger partial charge in [-0.3, -0.25) is 24.4 Å². The maximum absolute atomic E-state index is 12.2. The number of carbonyl (C=O) groups excluding carboxylic acids is 2. The Labute approximate surface area is 156 Å². The molecule has 1 saturated heterocycles. The Bertz CT molecular complexity index is 888. The van der Waals surface area contributed by atoms with E-state index in [0.29, 0.717) is 18.7 Å². The quantitative estimate of drug-likeness (QED) is 0.615. The fourth-order valence-electron chi connectivity index (χ4n) is 3.21. The number of aromatic nitrogens is 2. The van der Waals surface area contributed by atoms with Crippen molar-refractivity contribution in [2.45, 2.75) is 39.8 Å². The van der Waals surface area contributed by atoms with E-state index in [1.807, 2.05) is 24.3 Å². The van der Waals surface area contributed by atoms with Gasteiger partial charge in [0, 0.05) is 25.2 Å². The zero-order valence-corrected chi connectivity index (χ0v) is 15.3. The molecule has 0 spiro atoms. The van der Waals surface area contributed by atoms with Crippen LogP contribution >= 0.6 is 0 Å². The van der Waals surface area contributed by atoms with Gasteiger partial charge in [-0.1, -0.05) is 12.1 Å². The summed E-state index contributed by atoms with van der Waals surface area (Å²) in [7, 11) is 0. The highest BCUT2D eigenvalue weighted by molar-refractivity contribution is 5.95. The van der Waals surface area contributed by atoms with Crippen LogP contribution in [0.5, 0.6) is 0 Å². The van der Waals surface area contributed by atoms with Crippen LogP contribution in [0.15, 0.2) is 24.3 Å². The molecular formula is C18H21N5O4. The number of hydrogen-bond donors (Lipinski definition) is 1. The molecule has 0 unspecified atom stereocenters. The lowest BCUT2D eigenvalue weighted by Crippen LogP contribution is -2.28. The lowest BCUT2D eigenvalue weighted by molar-refractivity contribution is -0.386. The maximum Gasteiger partial charge on any atom is 0.312 e. The summed E-state index contributed by atoms with van der Waals surface area (Å²) >= 11 is 0. The van der Waals surface area contributed by atoms with E-state index >= 15 is 0 Å². The number of aryl methyl sites for hydroxylation is 1. The minimum Gasteiger partial charge on any atom is -0.350 e. The Balaban J connectivity index is 1.57. The van der Waals surface area contributed by atoms with Crippen LogP contribution < -0.4 is 10.2 Å². The number of nitrogens with zero attached hydrogens (tertiary/aromatic N) is 4. The molecule has 0 aliphatic carbocycles. The molecule has 27 heavy (non-hydrogen) atoms. The van der Waals surface area contributed by atoms with E-state index in [0.717, 1.165) is 24.2 Å². The van der Waals surface area contributed by atoms with Gasteiger partial charge in [-0.2, -0.15) is 5.10 Å². The number of nitrogens with one attached hydrogen (secondary N) is 1. The molecule has 1 aromatic carbocycles. The number of rotatable bonds is 6. The summed E-state index contributed by atoms with van der Waals surface area (Å²) in [6, 6.07) is 7.48. The molecule has 1 aromatic heterocycles. The Morgan fingerprint density at radius 3 is 2.56 bits per heavy atom. The number of amides is 2. The predicted octanol–water partition coefficient (Wildman–Crippen LogP) is 1.85. The molecule has 1 fully saturated rings. The van der Waals surface area contributed by atoms with Crippen LogP contribution in [0, 0.1) is 24.0 Å². The normalized spacial score (nSPS) is 13.9. The Kier molecular flexibility index (Phi) is 5.20. The number of hydrogen-bond acceptors (Lipinski definition) is 5. The first-order chi connectivity index (χ1) is 12.9. The predicted molar refractivity (Wildman–Crippen MR) is 98.2 cm³/mol. The van der Waals surface area contributed by atoms with Gasteiger partial charge in [0.15, 0.2) is 0 Å². The van der Waals surface area contributed by atoms with E-state index in [2.05, 4.69) is 10.4 Å². The van der Waals surface area contributed by atoms with Crippen LogP contribution in [0.1, 0.15) is 29.8 Å². The van der Waals surface area contributed by atoms with E-state index in [9.17, 15) is 19.7 Å². The Morgan fingerprint density at radius 1 is 1.30 bits per heavy atom. The summed E-state index contributed by atoms with van der Waals surface area (Å²) in [6.07, 6.45) is 1.46. The van der Waals surface area contributed by atoms with Gasteiger partial charge in [0.1, 0.15) is 17.9 Å². The highest BCUT2D eigenvalue weighted by Gasteiger charge is 2.23. The second kappa shape index (κ2) is 7.56. The Morgan fingerprint density at radius 2 is 2.00 bits per heavy atom. The standard InChI is InChI=1S/C18H21N5O4/c1-12-18(23(26)27)13(2)22(20-12)11-16(24)19-10-14-5-7-15(8-6-14)21-9-3-4-17(21)25/h5-8H,3-4,9-11H2,1-2H3,(H,19,24). The third-order valence-corrected chi connectivity index (χ3v) is 4.63. The number of benzene rings is 1. The molecule has 0 saturated carbocycles. The smallest absolute Gasteiger partial charge is 0.312 e. The summed E-state index contributed by atoms with van der Waals surface area (Å²) in [5.41, 5.74) is 2.35. The molecule has 0 atom stereocenters. The second-order valence-electron chi connectivity index (χ2n) is 6.53. The van der Waals surface area contributed by atoms with Gasteiger partial charge in [-0.25, -0.2) is 0 Å². The largest absolute Gasteiger partial charge is 0.350 e. The summed E-state index contributed by atoms with van der Waals surface area (Å²) < 4.78 is 1.34. The molecule has 142 valence electrons. The molecule has 2 heterocycles. The molecule has 0 bridgehead atoms. The van der Waals surface area contributed by atoms with E-state index in [-0.39, 0.29) is 29.7 Å². The molecule has 3 rings (SSSR count). The van der Waals surface area contributed by atoms with E-state index in [4.69, 9.17) is 0 Å². The van der Waals surface area contributed by atoms with Crippen LogP contribution in [0.2, 0.25) is 0 Å². The molecule has 1 aliphatic heterocycles. The summed E-state index contributed by atoms with van der Waals surface area (Å²) in [4.78, 5) is 36.2.